The van der Waals surface area contributed by atoms with Crippen LogP contribution in [0.3, 0.4) is 0 Å². The molecule has 1 fully saturated rings. The predicted octanol–water partition coefficient (Wildman–Crippen LogP) is 5.61. The predicted molar refractivity (Wildman–Crippen MR) is 89.0 cm³/mol. The number of hydrogen-bond donors (Lipinski definition) is 1. The van der Waals surface area contributed by atoms with Crippen molar-refractivity contribution in [2.24, 2.45) is 29.6 Å². The molecule has 1 N–H and O–H groups in total. The zero-order valence-electron chi connectivity index (χ0n) is 14.8. The molecule has 126 valence electrons. The Hall–Kier alpha value is -0.110. The van der Waals surface area contributed by atoms with Gasteiger partial charge in [-0.05, 0) is 61.7 Å². The molecule has 21 heavy (non-hydrogen) atoms. The zero-order valence-corrected chi connectivity index (χ0v) is 14.8. The lowest BCUT2D eigenvalue weighted by Gasteiger charge is -2.33. The van der Waals surface area contributed by atoms with Crippen LogP contribution in [0.15, 0.2) is 0 Å². The fraction of sp³-hybridized carbons (Fsp3) is 1.00. The summed E-state index contributed by atoms with van der Waals surface area (Å²) in [6, 6.07) is 0. The minimum Gasteiger partial charge on any atom is -0.393 e. The summed E-state index contributed by atoms with van der Waals surface area (Å²) >= 11 is 0. The summed E-state index contributed by atoms with van der Waals surface area (Å²) < 4.78 is 13.7. The van der Waals surface area contributed by atoms with Crippen molar-refractivity contribution in [1.82, 2.24) is 0 Å². The molecule has 0 aromatic heterocycles. The summed E-state index contributed by atoms with van der Waals surface area (Å²) in [4.78, 5) is 0. The van der Waals surface area contributed by atoms with Crippen LogP contribution in [0, 0.1) is 29.6 Å². The van der Waals surface area contributed by atoms with Crippen molar-refractivity contribution in [2.45, 2.75) is 91.8 Å². The zero-order chi connectivity index (χ0) is 16.0. The molecule has 1 aliphatic carbocycles. The maximum absolute atomic E-state index is 13.7. The van der Waals surface area contributed by atoms with Gasteiger partial charge >= 0.3 is 0 Å². The van der Waals surface area contributed by atoms with Crippen LogP contribution in [0.25, 0.3) is 0 Å². The molecule has 1 nitrogen and oxygen atoms in total. The van der Waals surface area contributed by atoms with Crippen LogP contribution in [0.5, 0.6) is 0 Å². The highest BCUT2D eigenvalue weighted by Gasteiger charge is 2.30. The second-order valence-electron chi connectivity index (χ2n) is 8.28. The fourth-order valence-electron chi connectivity index (χ4n) is 4.09. The van der Waals surface area contributed by atoms with Crippen LogP contribution >= 0.6 is 0 Å². The molecule has 1 saturated carbocycles. The van der Waals surface area contributed by atoms with E-state index in [1.165, 1.54) is 12.8 Å². The van der Waals surface area contributed by atoms with Crippen molar-refractivity contribution < 1.29 is 9.50 Å². The van der Waals surface area contributed by atoms with E-state index in [0.717, 1.165) is 31.6 Å². The van der Waals surface area contributed by atoms with Crippen LogP contribution < -0.4 is 0 Å². The van der Waals surface area contributed by atoms with Gasteiger partial charge in [-0.2, -0.15) is 0 Å². The molecule has 4 unspecified atom stereocenters. The van der Waals surface area contributed by atoms with E-state index < -0.39 is 6.17 Å². The molecule has 0 aliphatic heterocycles. The van der Waals surface area contributed by atoms with E-state index in [1.807, 2.05) is 0 Å². The molecule has 0 amide bonds. The highest BCUT2D eigenvalue weighted by atomic mass is 19.1. The minimum absolute atomic E-state index is 0.229. The molecule has 0 aromatic carbocycles. The molecular formula is C19H37FO. The van der Waals surface area contributed by atoms with E-state index >= 15 is 0 Å². The van der Waals surface area contributed by atoms with Gasteiger partial charge in [-0.1, -0.05) is 47.5 Å². The van der Waals surface area contributed by atoms with Crippen LogP contribution in [-0.4, -0.2) is 17.4 Å². The number of aliphatic hydroxyl groups is 1. The van der Waals surface area contributed by atoms with Gasteiger partial charge in [0.25, 0.3) is 0 Å². The van der Waals surface area contributed by atoms with E-state index in [2.05, 4.69) is 34.6 Å². The van der Waals surface area contributed by atoms with Crippen molar-refractivity contribution in [1.29, 1.82) is 0 Å². The van der Waals surface area contributed by atoms with E-state index in [4.69, 9.17) is 0 Å². The van der Waals surface area contributed by atoms with Crippen molar-refractivity contribution in [2.75, 3.05) is 0 Å². The Bertz CT molecular complexity index is 269. The first kappa shape index (κ1) is 18.9. The van der Waals surface area contributed by atoms with Gasteiger partial charge in [0, 0.05) is 0 Å². The summed E-state index contributed by atoms with van der Waals surface area (Å²) in [6.07, 6.45) is 6.28. The lowest BCUT2D eigenvalue weighted by molar-refractivity contribution is 0.0379. The number of aliphatic hydroxyl groups excluding tert-OH is 1. The average Bonchev–Trinajstić information content (AvgIpc) is 2.35. The largest absolute Gasteiger partial charge is 0.393 e. The molecule has 6 atom stereocenters. The SMILES string of the molecule is CC(C)CCCC(C)C(O)[C@H](C)CC1CC(C)C[C@H](F)C1. The first-order valence-electron chi connectivity index (χ1n) is 9.11. The van der Waals surface area contributed by atoms with Gasteiger partial charge < -0.3 is 5.11 Å². The summed E-state index contributed by atoms with van der Waals surface area (Å²) in [5, 5.41) is 10.5. The topological polar surface area (TPSA) is 20.2 Å². The third-order valence-electron chi connectivity index (χ3n) is 5.29. The third-order valence-corrected chi connectivity index (χ3v) is 5.29. The third kappa shape index (κ3) is 7.13. The van der Waals surface area contributed by atoms with Gasteiger partial charge in [0.15, 0.2) is 0 Å². The van der Waals surface area contributed by atoms with Gasteiger partial charge in [0.05, 0.1) is 6.10 Å². The Morgan fingerprint density at radius 2 is 1.67 bits per heavy atom. The lowest BCUT2D eigenvalue weighted by Crippen LogP contribution is -2.30. The van der Waals surface area contributed by atoms with Gasteiger partial charge in [-0.25, -0.2) is 4.39 Å². The number of alkyl halides is 1. The maximum Gasteiger partial charge on any atom is 0.101 e. The normalized spacial score (nSPS) is 31.1. The second-order valence-corrected chi connectivity index (χ2v) is 8.28. The standard InChI is InChI=1S/C19H37FO/c1-13(2)7-6-8-15(4)19(21)16(5)11-17-9-14(3)10-18(20)12-17/h13-19,21H,6-12H2,1-5H3/t14?,15?,16-,17?,18+,19?/m1/s1. The van der Waals surface area contributed by atoms with E-state index in [0.29, 0.717) is 30.1 Å². The van der Waals surface area contributed by atoms with Gasteiger partial charge in [-0.3, -0.25) is 0 Å². The minimum atomic E-state index is -0.619. The molecule has 2 heteroatoms. The van der Waals surface area contributed by atoms with Crippen LogP contribution in [0.1, 0.15) is 79.6 Å². The quantitative estimate of drug-likeness (QED) is 0.617. The van der Waals surface area contributed by atoms with E-state index in [-0.39, 0.29) is 6.10 Å². The van der Waals surface area contributed by atoms with Gasteiger partial charge in [-0.15, -0.1) is 0 Å². The molecule has 0 aromatic rings. The molecular weight excluding hydrogens is 263 g/mol. The lowest BCUT2D eigenvalue weighted by atomic mass is 9.75. The Morgan fingerprint density at radius 1 is 1.00 bits per heavy atom. The Labute approximate surface area is 131 Å². The summed E-state index contributed by atoms with van der Waals surface area (Å²) in [6.45, 7) is 11.0. The molecule has 0 spiro atoms. The first-order chi connectivity index (χ1) is 9.79. The average molecular weight is 301 g/mol. The van der Waals surface area contributed by atoms with E-state index in [9.17, 15) is 9.50 Å². The number of hydrogen-bond acceptors (Lipinski definition) is 1. The summed E-state index contributed by atoms with van der Waals surface area (Å²) in [5.41, 5.74) is 0. The fourth-order valence-corrected chi connectivity index (χ4v) is 4.09. The number of rotatable bonds is 8. The van der Waals surface area contributed by atoms with Gasteiger partial charge in [0.1, 0.15) is 6.17 Å². The monoisotopic (exact) mass is 300 g/mol. The number of halogens is 1. The van der Waals surface area contributed by atoms with Crippen molar-refractivity contribution in [3.8, 4) is 0 Å². The van der Waals surface area contributed by atoms with Crippen molar-refractivity contribution >= 4 is 0 Å². The molecule has 1 rings (SSSR count). The van der Waals surface area contributed by atoms with Gasteiger partial charge in [0.2, 0.25) is 0 Å². The smallest absolute Gasteiger partial charge is 0.101 e. The molecule has 0 saturated heterocycles. The Kier molecular flexibility index (Phi) is 8.23. The van der Waals surface area contributed by atoms with E-state index in [1.54, 1.807) is 0 Å². The van der Waals surface area contributed by atoms with Crippen LogP contribution in [0.2, 0.25) is 0 Å². The van der Waals surface area contributed by atoms with Crippen LogP contribution in [0.4, 0.5) is 4.39 Å². The molecule has 0 radical (unpaired) electrons. The summed E-state index contributed by atoms with van der Waals surface area (Å²) in [5.74, 6) is 2.38. The second kappa shape index (κ2) is 9.12. The summed E-state index contributed by atoms with van der Waals surface area (Å²) in [7, 11) is 0. The van der Waals surface area contributed by atoms with Crippen molar-refractivity contribution in [3.63, 3.8) is 0 Å². The Morgan fingerprint density at radius 3 is 2.24 bits per heavy atom. The molecule has 0 heterocycles. The molecule has 1 aliphatic rings. The molecule has 0 bridgehead atoms. The Balaban J connectivity index is 2.33. The maximum atomic E-state index is 13.7. The van der Waals surface area contributed by atoms with Crippen molar-refractivity contribution in [3.05, 3.63) is 0 Å². The highest BCUT2D eigenvalue weighted by molar-refractivity contribution is 4.81. The van der Waals surface area contributed by atoms with Crippen LogP contribution in [-0.2, 0) is 0 Å². The first-order valence-corrected chi connectivity index (χ1v) is 9.11. The highest BCUT2D eigenvalue weighted by Crippen LogP contribution is 2.36.